The van der Waals surface area contributed by atoms with E-state index in [0.29, 0.717) is 19.3 Å². The molecule has 0 fully saturated rings. The Hall–Kier alpha value is -3.41. The second-order valence-corrected chi connectivity index (χ2v) is 24.1. The lowest BCUT2D eigenvalue weighted by atomic mass is 10.0. The minimum Gasteiger partial charge on any atom is -0.462 e. The summed E-state index contributed by atoms with van der Waals surface area (Å²) in [6, 6.07) is 0. The van der Waals surface area contributed by atoms with Gasteiger partial charge in [0.1, 0.15) is 13.2 Å². The number of rotatable bonds is 66. The second-order valence-electron chi connectivity index (χ2n) is 24.1. The van der Waals surface area contributed by atoms with E-state index >= 15 is 0 Å². The van der Waals surface area contributed by atoms with Crippen molar-refractivity contribution in [2.75, 3.05) is 13.2 Å². The molecule has 0 rings (SSSR count). The Morgan fingerprint density at radius 1 is 0.253 bits per heavy atom. The molecule has 6 heteroatoms. The molecule has 0 spiro atoms. The van der Waals surface area contributed by atoms with Gasteiger partial charge in [-0.1, -0.05) is 337 Å². The fraction of sp³-hybridized carbons (Fsp3) is 0.779. The number of allylic oxidation sites excluding steroid dienone is 14. The predicted octanol–water partition coefficient (Wildman–Crippen LogP) is 25.0. The minimum atomic E-state index is -0.776. The van der Waals surface area contributed by atoms with Crippen LogP contribution in [0.4, 0.5) is 0 Å². The van der Waals surface area contributed by atoms with Crippen molar-refractivity contribution in [3.05, 3.63) is 85.1 Å². The van der Waals surface area contributed by atoms with Gasteiger partial charge in [0.25, 0.3) is 0 Å². The molecule has 1 atom stereocenters. The lowest BCUT2D eigenvalue weighted by Crippen LogP contribution is -2.30. The van der Waals surface area contributed by atoms with Gasteiger partial charge in [0, 0.05) is 19.3 Å². The van der Waals surface area contributed by atoms with Crippen LogP contribution in [-0.2, 0) is 28.6 Å². The van der Waals surface area contributed by atoms with Gasteiger partial charge in [0.15, 0.2) is 6.10 Å². The van der Waals surface area contributed by atoms with Crippen molar-refractivity contribution < 1.29 is 28.6 Å². The molecular weight excluding hydrogens is 1020 g/mol. The highest BCUT2D eigenvalue weighted by atomic mass is 16.6. The summed E-state index contributed by atoms with van der Waals surface area (Å²) in [6.07, 6.45) is 94.8. The van der Waals surface area contributed by atoms with Crippen LogP contribution in [0.1, 0.15) is 367 Å². The lowest BCUT2D eigenvalue weighted by Gasteiger charge is -2.18. The van der Waals surface area contributed by atoms with Gasteiger partial charge in [-0.3, -0.25) is 14.4 Å². The first-order valence-electron chi connectivity index (χ1n) is 36.1. The lowest BCUT2D eigenvalue weighted by molar-refractivity contribution is -0.167. The molecule has 480 valence electrons. The van der Waals surface area contributed by atoms with Gasteiger partial charge in [-0.2, -0.15) is 0 Å². The smallest absolute Gasteiger partial charge is 0.306 e. The van der Waals surface area contributed by atoms with Gasteiger partial charge in [-0.05, 0) is 96.3 Å². The van der Waals surface area contributed by atoms with Gasteiger partial charge in [-0.15, -0.1) is 0 Å². The molecule has 0 heterocycles. The largest absolute Gasteiger partial charge is 0.462 e. The Labute approximate surface area is 515 Å². The summed E-state index contributed by atoms with van der Waals surface area (Å²) in [4.78, 5) is 38.4. The Balaban J connectivity index is 4.13. The van der Waals surface area contributed by atoms with Crippen LogP contribution in [0.2, 0.25) is 0 Å². The maximum Gasteiger partial charge on any atom is 0.306 e. The van der Waals surface area contributed by atoms with Crippen molar-refractivity contribution in [2.24, 2.45) is 0 Å². The van der Waals surface area contributed by atoms with Crippen molar-refractivity contribution in [3.8, 4) is 0 Å². The number of ether oxygens (including phenoxy) is 3. The first kappa shape index (κ1) is 79.6. The third-order valence-corrected chi connectivity index (χ3v) is 15.9. The summed E-state index contributed by atoms with van der Waals surface area (Å²) in [5.74, 6) is -0.860. The molecule has 0 aliphatic heterocycles. The molecule has 0 radical (unpaired) electrons. The molecule has 0 N–H and O–H groups in total. The normalized spacial score (nSPS) is 12.6. The summed E-state index contributed by atoms with van der Waals surface area (Å²) in [6.45, 7) is 6.55. The van der Waals surface area contributed by atoms with Gasteiger partial charge < -0.3 is 14.2 Å². The van der Waals surface area contributed by atoms with E-state index in [1.165, 1.54) is 225 Å². The molecule has 83 heavy (non-hydrogen) atoms. The highest BCUT2D eigenvalue weighted by Gasteiger charge is 2.19. The first-order chi connectivity index (χ1) is 41.0. The fourth-order valence-corrected chi connectivity index (χ4v) is 10.5. The van der Waals surface area contributed by atoms with Crippen LogP contribution in [0.3, 0.4) is 0 Å². The number of esters is 3. The van der Waals surface area contributed by atoms with Crippen LogP contribution in [0.25, 0.3) is 0 Å². The zero-order valence-electron chi connectivity index (χ0n) is 55.2. The minimum absolute atomic E-state index is 0.0731. The van der Waals surface area contributed by atoms with Crippen molar-refractivity contribution in [1.82, 2.24) is 0 Å². The molecule has 0 amide bonds. The van der Waals surface area contributed by atoms with Crippen molar-refractivity contribution >= 4 is 17.9 Å². The molecule has 0 aliphatic rings. The number of hydrogen-bond acceptors (Lipinski definition) is 6. The number of unbranched alkanes of at least 4 members (excludes halogenated alkanes) is 41. The monoisotopic (exact) mass is 1160 g/mol. The number of hydrogen-bond donors (Lipinski definition) is 0. The van der Waals surface area contributed by atoms with E-state index in [9.17, 15) is 14.4 Å². The van der Waals surface area contributed by atoms with Crippen molar-refractivity contribution in [3.63, 3.8) is 0 Å². The number of carbonyl (C=O) groups is 3. The van der Waals surface area contributed by atoms with Crippen molar-refractivity contribution in [1.29, 1.82) is 0 Å². The molecule has 0 aromatic carbocycles. The Bertz CT molecular complexity index is 1570. The first-order valence-corrected chi connectivity index (χ1v) is 36.1. The Morgan fingerprint density at radius 3 is 0.771 bits per heavy atom. The van der Waals surface area contributed by atoms with Crippen molar-refractivity contribution in [2.45, 2.75) is 374 Å². The third-order valence-electron chi connectivity index (χ3n) is 15.9. The van der Waals surface area contributed by atoms with E-state index in [2.05, 4.69) is 106 Å². The average molecular weight is 1160 g/mol. The van der Waals surface area contributed by atoms with Gasteiger partial charge >= 0.3 is 17.9 Å². The van der Waals surface area contributed by atoms with Crippen LogP contribution in [0.15, 0.2) is 85.1 Å². The summed E-state index contributed by atoms with van der Waals surface area (Å²) >= 11 is 0. The quantitative estimate of drug-likeness (QED) is 0.0261. The van der Waals surface area contributed by atoms with Gasteiger partial charge in [0.2, 0.25) is 0 Å². The highest BCUT2D eigenvalue weighted by Crippen LogP contribution is 2.18. The number of carbonyl (C=O) groups excluding carboxylic acids is 3. The molecule has 0 saturated heterocycles. The summed E-state index contributed by atoms with van der Waals surface area (Å²) in [5.41, 5.74) is 0. The zero-order valence-corrected chi connectivity index (χ0v) is 55.2. The molecule has 0 aliphatic carbocycles. The van der Waals surface area contributed by atoms with E-state index in [4.69, 9.17) is 14.2 Å². The Kier molecular flexibility index (Phi) is 68.2. The van der Waals surface area contributed by atoms with E-state index in [-0.39, 0.29) is 31.1 Å². The maximum absolute atomic E-state index is 12.9. The van der Waals surface area contributed by atoms with E-state index < -0.39 is 6.10 Å². The Morgan fingerprint density at radius 2 is 0.470 bits per heavy atom. The summed E-state index contributed by atoms with van der Waals surface area (Å²) in [5, 5.41) is 0. The molecule has 0 saturated carbocycles. The summed E-state index contributed by atoms with van der Waals surface area (Å²) < 4.78 is 17.0. The van der Waals surface area contributed by atoms with Crippen LogP contribution in [0.5, 0.6) is 0 Å². The van der Waals surface area contributed by atoms with E-state index in [1.807, 2.05) is 0 Å². The van der Waals surface area contributed by atoms with Gasteiger partial charge in [-0.25, -0.2) is 0 Å². The molecule has 6 nitrogen and oxygen atoms in total. The van der Waals surface area contributed by atoms with E-state index in [0.717, 1.165) is 103 Å². The highest BCUT2D eigenvalue weighted by molar-refractivity contribution is 5.71. The SMILES string of the molecule is CC/C=C\C/C=C\C/C=C\C/C=C\C/C=C\C/C=C\CCCCCCCCCCCCCCCCCCC(=O)OCC(COC(=O)CCCCCCC/C=C\CCCCC)OC(=O)CCCCCCCCCCCCCCCCCCCC. The molecule has 0 aromatic rings. The third kappa shape index (κ3) is 69.3. The van der Waals surface area contributed by atoms with Gasteiger partial charge in [0.05, 0.1) is 0 Å². The zero-order chi connectivity index (χ0) is 59.9. The van der Waals surface area contributed by atoms with Crippen LogP contribution in [0, 0.1) is 0 Å². The molecular formula is C77H136O6. The molecule has 0 bridgehead atoms. The van der Waals surface area contributed by atoms with Crippen LogP contribution in [-0.4, -0.2) is 37.2 Å². The standard InChI is InChI=1S/C77H136O6/c1-4-7-10-13-16-19-22-25-27-29-31-32-33-34-35-36-37-38-39-40-41-42-43-44-45-46-47-49-50-52-55-58-61-64-67-70-76(79)82-73-74(72-81-75(78)69-66-63-60-57-54-24-21-18-15-12-9-6-3)83-77(80)71-68-65-62-59-56-53-51-48-30-28-26-23-20-17-14-11-8-5-2/h7,10,16,18-19,21,25,27,31-32,34-35,37-38,74H,4-6,8-9,11-15,17,20,22-24,26,28-30,33,36,39-73H2,1-3H3/b10-7-,19-16-,21-18-,27-25-,32-31-,35-34-,38-37-. The van der Waals surface area contributed by atoms with Crippen LogP contribution >= 0.6 is 0 Å². The maximum atomic E-state index is 12.9. The van der Waals surface area contributed by atoms with Crippen LogP contribution < -0.4 is 0 Å². The average Bonchev–Trinajstić information content (AvgIpc) is 3.49. The fourth-order valence-electron chi connectivity index (χ4n) is 10.5. The predicted molar refractivity (Wildman–Crippen MR) is 362 cm³/mol. The summed E-state index contributed by atoms with van der Waals surface area (Å²) in [7, 11) is 0. The van der Waals surface area contributed by atoms with E-state index in [1.54, 1.807) is 0 Å². The second kappa shape index (κ2) is 71.1. The molecule has 0 aromatic heterocycles. The molecule has 1 unspecified atom stereocenters. The topological polar surface area (TPSA) is 78.9 Å².